The Hall–Kier alpha value is -0.120. The predicted octanol–water partition coefficient (Wildman–Crippen LogP) is 1.06. The highest BCUT2D eigenvalue weighted by Gasteiger charge is 2.15. The first-order valence-electron chi connectivity index (χ1n) is 6.31. The van der Waals surface area contributed by atoms with Crippen LogP contribution >= 0.6 is 0 Å². The van der Waals surface area contributed by atoms with Gasteiger partial charge in [-0.15, -0.1) is 0 Å². The normalized spacial score (nSPS) is 22.2. The van der Waals surface area contributed by atoms with Crippen LogP contribution in [0.3, 0.4) is 0 Å². The molecule has 1 fully saturated rings. The largest absolute Gasteiger partial charge is 0.315 e. The Kier molecular flexibility index (Phi) is 5.58. The zero-order chi connectivity index (χ0) is 11.3. The first-order chi connectivity index (χ1) is 7.11. The van der Waals surface area contributed by atoms with Crippen molar-refractivity contribution in [1.29, 1.82) is 0 Å². The molecular formula is C12H27N3. The minimum Gasteiger partial charge on any atom is -0.315 e. The average Bonchev–Trinajstić information content (AvgIpc) is 2.63. The molecule has 3 heteroatoms. The molecule has 0 aromatic heterocycles. The van der Waals surface area contributed by atoms with Gasteiger partial charge in [0.05, 0.1) is 0 Å². The van der Waals surface area contributed by atoms with Crippen molar-refractivity contribution < 1.29 is 0 Å². The summed E-state index contributed by atoms with van der Waals surface area (Å²) in [5.74, 6) is 0. The molecule has 0 spiro atoms. The number of nitrogens with zero attached hydrogens (tertiary/aromatic N) is 1. The van der Waals surface area contributed by atoms with E-state index in [-0.39, 0.29) is 0 Å². The van der Waals surface area contributed by atoms with Crippen molar-refractivity contribution in [2.24, 2.45) is 0 Å². The van der Waals surface area contributed by atoms with Gasteiger partial charge >= 0.3 is 0 Å². The molecule has 0 aliphatic carbocycles. The zero-order valence-electron chi connectivity index (χ0n) is 10.7. The van der Waals surface area contributed by atoms with E-state index in [4.69, 9.17) is 0 Å². The van der Waals surface area contributed by atoms with Crippen LogP contribution in [0.15, 0.2) is 0 Å². The number of rotatable bonds is 6. The molecule has 1 heterocycles. The SMILES string of the molecule is CC(C)N(CCNC1CCNC1)C(C)C. The molecule has 15 heavy (non-hydrogen) atoms. The van der Waals surface area contributed by atoms with E-state index in [1.165, 1.54) is 13.0 Å². The number of nitrogens with one attached hydrogen (secondary N) is 2. The van der Waals surface area contributed by atoms with Gasteiger partial charge in [-0.05, 0) is 40.7 Å². The molecule has 1 saturated heterocycles. The van der Waals surface area contributed by atoms with Crippen LogP contribution in [0.25, 0.3) is 0 Å². The third kappa shape index (κ3) is 4.49. The van der Waals surface area contributed by atoms with Crippen molar-refractivity contribution in [3.8, 4) is 0 Å². The highest BCUT2D eigenvalue weighted by atomic mass is 15.2. The Balaban J connectivity index is 2.15. The van der Waals surface area contributed by atoms with E-state index in [1.54, 1.807) is 0 Å². The topological polar surface area (TPSA) is 27.3 Å². The molecule has 0 bridgehead atoms. The molecule has 0 saturated carbocycles. The third-order valence-electron chi connectivity index (χ3n) is 3.19. The lowest BCUT2D eigenvalue weighted by molar-refractivity contribution is 0.174. The highest BCUT2D eigenvalue weighted by molar-refractivity contribution is 4.78. The number of hydrogen-bond donors (Lipinski definition) is 2. The van der Waals surface area contributed by atoms with Gasteiger partial charge in [0.1, 0.15) is 0 Å². The maximum absolute atomic E-state index is 3.62. The first-order valence-corrected chi connectivity index (χ1v) is 6.31. The molecule has 3 nitrogen and oxygen atoms in total. The molecule has 0 aromatic rings. The minimum atomic E-state index is 0.647. The number of hydrogen-bond acceptors (Lipinski definition) is 3. The summed E-state index contributed by atoms with van der Waals surface area (Å²) < 4.78 is 0. The molecule has 0 radical (unpaired) electrons. The van der Waals surface area contributed by atoms with Crippen LogP contribution in [-0.2, 0) is 0 Å². The van der Waals surface area contributed by atoms with Crippen molar-refractivity contribution in [3.63, 3.8) is 0 Å². The smallest absolute Gasteiger partial charge is 0.0205 e. The Labute approximate surface area is 94.6 Å². The molecule has 1 unspecified atom stereocenters. The van der Waals surface area contributed by atoms with Gasteiger partial charge in [-0.2, -0.15) is 0 Å². The average molecular weight is 213 g/mol. The standard InChI is InChI=1S/C12H27N3/c1-10(2)15(11(3)4)8-7-14-12-5-6-13-9-12/h10-14H,5-9H2,1-4H3. The van der Waals surface area contributed by atoms with Gasteiger partial charge in [0, 0.05) is 37.8 Å². The van der Waals surface area contributed by atoms with Crippen LogP contribution in [0.1, 0.15) is 34.1 Å². The monoisotopic (exact) mass is 213 g/mol. The fraction of sp³-hybridized carbons (Fsp3) is 1.00. The second kappa shape index (κ2) is 6.46. The Morgan fingerprint density at radius 1 is 1.27 bits per heavy atom. The Morgan fingerprint density at radius 2 is 1.93 bits per heavy atom. The van der Waals surface area contributed by atoms with Crippen molar-refractivity contribution in [2.45, 2.75) is 52.2 Å². The van der Waals surface area contributed by atoms with Crippen molar-refractivity contribution in [3.05, 3.63) is 0 Å². The van der Waals surface area contributed by atoms with Crippen molar-refractivity contribution in [2.75, 3.05) is 26.2 Å². The lowest BCUT2D eigenvalue weighted by atomic mass is 10.2. The summed E-state index contributed by atoms with van der Waals surface area (Å²) in [6, 6.07) is 1.99. The summed E-state index contributed by atoms with van der Waals surface area (Å²) in [6.45, 7) is 13.7. The van der Waals surface area contributed by atoms with Crippen molar-refractivity contribution >= 4 is 0 Å². The zero-order valence-corrected chi connectivity index (χ0v) is 10.7. The summed E-state index contributed by atoms with van der Waals surface area (Å²) in [5.41, 5.74) is 0. The quantitative estimate of drug-likeness (QED) is 0.691. The van der Waals surface area contributed by atoms with E-state index >= 15 is 0 Å². The van der Waals surface area contributed by atoms with Crippen LogP contribution in [0.2, 0.25) is 0 Å². The molecule has 1 aliphatic rings. The summed E-state index contributed by atoms with van der Waals surface area (Å²) in [4.78, 5) is 2.54. The lowest BCUT2D eigenvalue weighted by Gasteiger charge is -2.31. The maximum atomic E-state index is 3.62. The minimum absolute atomic E-state index is 0.647. The first kappa shape index (κ1) is 12.9. The highest BCUT2D eigenvalue weighted by Crippen LogP contribution is 2.04. The van der Waals surface area contributed by atoms with Gasteiger partial charge in [0.2, 0.25) is 0 Å². The van der Waals surface area contributed by atoms with E-state index in [9.17, 15) is 0 Å². The summed E-state index contributed by atoms with van der Waals surface area (Å²) in [5, 5.41) is 7.00. The van der Waals surface area contributed by atoms with Gasteiger partial charge in [0.25, 0.3) is 0 Å². The van der Waals surface area contributed by atoms with E-state index < -0.39 is 0 Å². The maximum Gasteiger partial charge on any atom is 0.0205 e. The van der Waals surface area contributed by atoms with Crippen LogP contribution in [0.4, 0.5) is 0 Å². The van der Waals surface area contributed by atoms with E-state index in [0.717, 1.165) is 19.6 Å². The molecule has 90 valence electrons. The van der Waals surface area contributed by atoms with Crippen LogP contribution in [0, 0.1) is 0 Å². The molecule has 1 atom stereocenters. The van der Waals surface area contributed by atoms with Crippen LogP contribution in [-0.4, -0.2) is 49.2 Å². The molecule has 2 N–H and O–H groups in total. The molecule has 1 rings (SSSR count). The predicted molar refractivity (Wildman–Crippen MR) is 66.3 cm³/mol. The Bertz CT molecular complexity index is 154. The Morgan fingerprint density at radius 3 is 2.40 bits per heavy atom. The molecule has 1 aliphatic heterocycles. The van der Waals surface area contributed by atoms with Gasteiger partial charge < -0.3 is 10.6 Å². The second-order valence-electron chi connectivity index (χ2n) is 5.07. The van der Waals surface area contributed by atoms with Gasteiger partial charge in [-0.3, -0.25) is 4.90 Å². The molecule has 0 amide bonds. The van der Waals surface area contributed by atoms with Gasteiger partial charge in [-0.1, -0.05) is 0 Å². The fourth-order valence-electron chi connectivity index (χ4n) is 2.34. The second-order valence-corrected chi connectivity index (χ2v) is 5.07. The van der Waals surface area contributed by atoms with Gasteiger partial charge in [0.15, 0.2) is 0 Å². The van der Waals surface area contributed by atoms with E-state index in [2.05, 4.69) is 43.2 Å². The van der Waals surface area contributed by atoms with E-state index in [0.29, 0.717) is 18.1 Å². The van der Waals surface area contributed by atoms with E-state index in [1.807, 2.05) is 0 Å². The van der Waals surface area contributed by atoms with Crippen molar-refractivity contribution in [1.82, 2.24) is 15.5 Å². The summed E-state index contributed by atoms with van der Waals surface area (Å²) >= 11 is 0. The molecular weight excluding hydrogens is 186 g/mol. The van der Waals surface area contributed by atoms with Crippen LogP contribution in [0.5, 0.6) is 0 Å². The van der Waals surface area contributed by atoms with Crippen LogP contribution < -0.4 is 10.6 Å². The summed E-state index contributed by atoms with van der Waals surface area (Å²) in [7, 11) is 0. The lowest BCUT2D eigenvalue weighted by Crippen LogP contribution is -2.43. The summed E-state index contributed by atoms with van der Waals surface area (Å²) in [6.07, 6.45) is 1.28. The fourth-order valence-corrected chi connectivity index (χ4v) is 2.34. The third-order valence-corrected chi connectivity index (χ3v) is 3.19. The van der Waals surface area contributed by atoms with Gasteiger partial charge in [-0.25, -0.2) is 0 Å². The molecule has 0 aromatic carbocycles.